The Morgan fingerprint density at radius 1 is 1.29 bits per heavy atom. The fourth-order valence-electron chi connectivity index (χ4n) is 1.56. The van der Waals surface area contributed by atoms with Crippen molar-refractivity contribution >= 4 is 22.6 Å². The number of amides is 1. The number of hydrogen-bond acceptors (Lipinski definition) is 4. The minimum Gasteiger partial charge on any atom is -0.481 e. The van der Waals surface area contributed by atoms with Crippen molar-refractivity contribution in [2.45, 2.75) is 0 Å². The van der Waals surface area contributed by atoms with E-state index >= 15 is 0 Å². The number of benzene rings is 1. The molecule has 0 aliphatic rings. The molecule has 1 aromatic heterocycles. The van der Waals surface area contributed by atoms with Gasteiger partial charge in [-0.2, -0.15) is 0 Å². The predicted molar refractivity (Wildman–Crippen MR) is 64.3 cm³/mol. The largest absolute Gasteiger partial charge is 0.481 e. The molecular formula is C12H12N2O3. The molecule has 0 aliphatic heterocycles. The number of ether oxygens (including phenoxy) is 2. The maximum Gasteiger partial charge on any atom is 0.411 e. The van der Waals surface area contributed by atoms with Crippen molar-refractivity contribution in [3.05, 3.63) is 30.5 Å². The Kier molecular flexibility index (Phi) is 3.09. The first-order valence-corrected chi connectivity index (χ1v) is 5.02. The van der Waals surface area contributed by atoms with E-state index in [4.69, 9.17) is 4.74 Å². The van der Waals surface area contributed by atoms with Crippen LogP contribution in [-0.4, -0.2) is 25.3 Å². The summed E-state index contributed by atoms with van der Waals surface area (Å²) >= 11 is 0. The zero-order valence-electron chi connectivity index (χ0n) is 9.56. The van der Waals surface area contributed by atoms with Crippen LogP contribution in [0.15, 0.2) is 30.5 Å². The van der Waals surface area contributed by atoms with Crippen molar-refractivity contribution in [1.29, 1.82) is 0 Å². The maximum atomic E-state index is 11.1. The van der Waals surface area contributed by atoms with Crippen LogP contribution in [0.4, 0.5) is 10.5 Å². The van der Waals surface area contributed by atoms with E-state index in [0.717, 1.165) is 10.8 Å². The number of pyridine rings is 1. The van der Waals surface area contributed by atoms with Gasteiger partial charge in [0.05, 0.1) is 14.2 Å². The average molecular weight is 232 g/mol. The van der Waals surface area contributed by atoms with Crippen molar-refractivity contribution in [1.82, 2.24) is 4.98 Å². The smallest absolute Gasteiger partial charge is 0.411 e. The van der Waals surface area contributed by atoms with Crippen LogP contribution in [0.3, 0.4) is 0 Å². The highest BCUT2D eigenvalue weighted by Crippen LogP contribution is 2.25. The van der Waals surface area contributed by atoms with Crippen LogP contribution in [0.25, 0.3) is 10.8 Å². The monoisotopic (exact) mass is 232 g/mol. The molecule has 1 N–H and O–H groups in total. The van der Waals surface area contributed by atoms with Crippen LogP contribution in [0.1, 0.15) is 0 Å². The van der Waals surface area contributed by atoms with Crippen LogP contribution < -0.4 is 10.1 Å². The number of rotatable bonds is 2. The molecule has 5 heteroatoms. The quantitative estimate of drug-likeness (QED) is 0.863. The summed E-state index contributed by atoms with van der Waals surface area (Å²) in [5.74, 6) is 0.562. The molecule has 0 aliphatic carbocycles. The van der Waals surface area contributed by atoms with Gasteiger partial charge in [0, 0.05) is 17.3 Å². The molecule has 0 spiro atoms. The molecular weight excluding hydrogens is 220 g/mol. The Balaban J connectivity index is 2.41. The standard InChI is InChI=1S/C12H12N2O3/c1-16-11-10-4-3-9(14-12(15)17-2)7-8(10)5-6-13-11/h3-7H,1-2H3,(H,14,15). The summed E-state index contributed by atoms with van der Waals surface area (Å²) < 4.78 is 9.67. The normalized spacial score (nSPS) is 10.0. The highest BCUT2D eigenvalue weighted by Gasteiger charge is 2.05. The lowest BCUT2D eigenvalue weighted by molar-refractivity contribution is 0.187. The van der Waals surface area contributed by atoms with Crippen molar-refractivity contribution in [2.24, 2.45) is 0 Å². The second kappa shape index (κ2) is 4.69. The molecule has 2 rings (SSSR count). The van der Waals surface area contributed by atoms with Crippen LogP contribution in [-0.2, 0) is 4.74 Å². The van der Waals surface area contributed by atoms with E-state index in [1.165, 1.54) is 7.11 Å². The van der Waals surface area contributed by atoms with Gasteiger partial charge in [-0.3, -0.25) is 5.32 Å². The summed E-state index contributed by atoms with van der Waals surface area (Å²) in [6.45, 7) is 0. The fraction of sp³-hybridized carbons (Fsp3) is 0.167. The van der Waals surface area contributed by atoms with Crippen LogP contribution in [0.5, 0.6) is 5.88 Å². The molecule has 1 heterocycles. The SMILES string of the molecule is COC(=O)Nc1ccc2c(OC)nccc2c1. The van der Waals surface area contributed by atoms with E-state index in [-0.39, 0.29) is 0 Å². The molecule has 1 amide bonds. The number of anilines is 1. The van der Waals surface area contributed by atoms with Crippen molar-refractivity contribution < 1.29 is 14.3 Å². The predicted octanol–water partition coefficient (Wildman–Crippen LogP) is 2.42. The lowest BCUT2D eigenvalue weighted by Crippen LogP contribution is -2.10. The van der Waals surface area contributed by atoms with E-state index in [1.807, 2.05) is 18.2 Å². The molecule has 1 aromatic carbocycles. The maximum absolute atomic E-state index is 11.1. The fourth-order valence-corrected chi connectivity index (χ4v) is 1.56. The first-order valence-electron chi connectivity index (χ1n) is 5.02. The molecule has 0 unspecified atom stereocenters. The van der Waals surface area contributed by atoms with Gasteiger partial charge in [0.15, 0.2) is 0 Å². The van der Waals surface area contributed by atoms with Gasteiger partial charge in [-0.05, 0) is 29.7 Å². The van der Waals surface area contributed by atoms with E-state index in [0.29, 0.717) is 11.6 Å². The van der Waals surface area contributed by atoms with Crippen molar-refractivity contribution in [2.75, 3.05) is 19.5 Å². The number of aromatic nitrogens is 1. The van der Waals surface area contributed by atoms with E-state index in [2.05, 4.69) is 15.0 Å². The van der Waals surface area contributed by atoms with E-state index in [1.54, 1.807) is 19.4 Å². The summed E-state index contributed by atoms with van der Waals surface area (Å²) in [6.07, 6.45) is 1.16. The topological polar surface area (TPSA) is 60.5 Å². The number of hydrogen-bond donors (Lipinski definition) is 1. The minimum atomic E-state index is -0.495. The molecule has 88 valence electrons. The minimum absolute atomic E-state index is 0.495. The van der Waals surface area contributed by atoms with Gasteiger partial charge in [0.2, 0.25) is 5.88 Å². The third-order valence-corrected chi connectivity index (χ3v) is 2.35. The van der Waals surface area contributed by atoms with Crippen LogP contribution >= 0.6 is 0 Å². The lowest BCUT2D eigenvalue weighted by Gasteiger charge is -2.07. The Morgan fingerprint density at radius 2 is 2.12 bits per heavy atom. The van der Waals surface area contributed by atoms with Gasteiger partial charge in [0.25, 0.3) is 0 Å². The highest BCUT2D eigenvalue weighted by atomic mass is 16.5. The third kappa shape index (κ3) is 2.28. The second-order valence-electron chi connectivity index (χ2n) is 3.37. The number of nitrogens with one attached hydrogen (secondary N) is 1. The zero-order chi connectivity index (χ0) is 12.3. The summed E-state index contributed by atoms with van der Waals surface area (Å²) in [4.78, 5) is 15.2. The number of carbonyl (C=O) groups is 1. The summed E-state index contributed by atoms with van der Waals surface area (Å²) in [6, 6.07) is 7.28. The van der Waals surface area contributed by atoms with Gasteiger partial charge in [-0.25, -0.2) is 9.78 Å². The number of carbonyl (C=O) groups excluding carboxylic acids is 1. The summed E-state index contributed by atoms with van der Waals surface area (Å²) in [5.41, 5.74) is 0.664. The lowest BCUT2D eigenvalue weighted by atomic mass is 10.1. The molecule has 5 nitrogen and oxygen atoms in total. The molecule has 2 aromatic rings. The zero-order valence-corrected chi connectivity index (χ0v) is 9.56. The molecule has 0 saturated carbocycles. The Bertz CT molecular complexity index is 554. The van der Waals surface area contributed by atoms with Crippen LogP contribution in [0.2, 0.25) is 0 Å². The summed E-state index contributed by atoms with van der Waals surface area (Å²) in [5, 5.41) is 4.43. The van der Waals surface area contributed by atoms with Crippen molar-refractivity contribution in [3.8, 4) is 5.88 Å². The number of fused-ring (bicyclic) bond motifs is 1. The molecule has 0 atom stereocenters. The van der Waals surface area contributed by atoms with E-state index in [9.17, 15) is 4.79 Å². The van der Waals surface area contributed by atoms with Gasteiger partial charge in [-0.15, -0.1) is 0 Å². The summed E-state index contributed by atoms with van der Waals surface area (Å²) in [7, 11) is 2.89. The van der Waals surface area contributed by atoms with Gasteiger partial charge < -0.3 is 9.47 Å². The Morgan fingerprint density at radius 3 is 2.82 bits per heavy atom. The van der Waals surface area contributed by atoms with Crippen LogP contribution in [0, 0.1) is 0 Å². The third-order valence-electron chi connectivity index (χ3n) is 2.35. The molecule has 0 saturated heterocycles. The second-order valence-corrected chi connectivity index (χ2v) is 3.37. The Labute approximate surface area is 98.4 Å². The van der Waals surface area contributed by atoms with Gasteiger partial charge in [0.1, 0.15) is 0 Å². The first kappa shape index (κ1) is 11.2. The van der Waals surface area contributed by atoms with Gasteiger partial charge in [-0.1, -0.05) is 0 Å². The van der Waals surface area contributed by atoms with Crippen molar-refractivity contribution in [3.63, 3.8) is 0 Å². The van der Waals surface area contributed by atoms with Gasteiger partial charge >= 0.3 is 6.09 Å². The number of methoxy groups -OCH3 is 2. The molecule has 17 heavy (non-hydrogen) atoms. The molecule has 0 bridgehead atoms. The first-order chi connectivity index (χ1) is 8.24. The highest BCUT2D eigenvalue weighted by molar-refractivity contribution is 5.93. The van der Waals surface area contributed by atoms with E-state index < -0.39 is 6.09 Å². The average Bonchev–Trinajstić information content (AvgIpc) is 2.37. The number of nitrogens with zero attached hydrogens (tertiary/aromatic N) is 1. The Hall–Kier alpha value is -2.30. The molecule has 0 fully saturated rings. The molecule has 0 radical (unpaired) electrons.